The Morgan fingerprint density at radius 3 is 2.52 bits per heavy atom. The van der Waals surface area contributed by atoms with E-state index in [9.17, 15) is 9.59 Å². The monoisotopic (exact) mass is 388 g/mol. The number of rotatable bonds is 8. The molecular weight excluding hydrogens is 364 g/mol. The Bertz CT molecular complexity index is 815. The third kappa shape index (κ3) is 5.59. The van der Waals surface area contributed by atoms with Gasteiger partial charge in [0.25, 0.3) is 11.8 Å². The van der Waals surface area contributed by atoms with Crippen LogP contribution in [0, 0.1) is 0 Å². The molecule has 2 rings (SSSR count). The third-order valence-corrected chi connectivity index (χ3v) is 4.78. The normalized spacial score (nSPS) is 12.2. The molecule has 1 heterocycles. The molecule has 0 bridgehead atoms. The number of carbonyl (C=O) groups is 2. The van der Waals surface area contributed by atoms with Crippen molar-refractivity contribution in [3.63, 3.8) is 0 Å². The van der Waals surface area contributed by atoms with Crippen molar-refractivity contribution in [2.45, 2.75) is 26.3 Å². The van der Waals surface area contributed by atoms with Crippen molar-refractivity contribution in [1.29, 1.82) is 0 Å². The molecule has 6 nitrogen and oxygen atoms in total. The molecule has 144 valence electrons. The smallest absolute Gasteiger partial charge is 0.268 e. The lowest BCUT2D eigenvalue weighted by atomic mass is 10.1. The maximum atomic E-state index is 12.7. The van der Waals surface area contributed by atoms with E-state index < -0.39 is 5.91 Å². The zero-order chi connectivity index (χ0) is 19.8. The van der Waals surface area contributed by atoms with E-state index in [1.807, 2.05) is 31.4 Å². The highest BCUT2D eigenvalue weighted by atomic mass is 32.1. The molecule has 0 saturated heterocycles. The van der Waals surface area contributed by atoms with E-state index in [0.717, 1.165) is 11.3 Å². The van der Waals surface area contributed by atoms with Crippen molar-refractivity contribution in [2.75, 3.05) is 14.2 Å². The number of benzene rings is 1. The van der Waals surface area contributed by atoms with Crippen LogP contribution in [-0.4, -0.2) is 32.1 Å². The van der Waals surface area contributed by atoms with E-state index in [4.69, 9.17) is 9.47 Å². The van der Waals surface area contributed by atoms with Gasteiger partial charge in [-0.25, -0.2) is 0 Å². The lowest BCUT2D eigenvalue weighted by molar-refractivity contribution is -0.118. The predicted molar refractivity (Wildman–Crippen MR) is 107 cm³/mol. The second-order valence-corrected chi connectivity index (χ2v) is 6.86. The van der Waals surface area contributed by atoms with Gasteiger partial charge < -0.3 is 20.1 Å². The minimum Gasteiger partial charge on any atom is -0.493 e. The quantitative estimate of drug-likeness (QED) is 0.679. The summed E-state index contributed by atoms with van der Waals surface area (Å²) in [7, 11) is 3.03. The first-order chi connectivity index (χ1) is 13.0. The van der Waals surface area contributed by atoms with Crippen molar-refractivity contribution in [2.24, 2.45) is 0 Å². The fraction of sp³-hybridized carbons (Fsp3) is 0.300. The van der Waals surface area contributed by atoms with Gasteiger partial charge in [-0.05, 0) is 49.1 Å². The number of hydrogen-bond acceptors (Lipinski definition) is 5. The Morgan fingerprint density at radius 2 is 1.93 bits per heavy atom. The first kappa shape index (κ1) is 20.5. The Morgan fingerprint density at radius 1 is 1.19 bits per heavy atom. The molecule has 2 amide bonds. The average molecular weight is 388 g/mol. The maximum Gasteiger partial charge on any atom is 0.268 e. The Labute approximate surface area is 163 Å². The van der Waals surface area contributed by atoms with Crippen molar-refractivity contribution >= 4 is 29.2 Å². The van der Waals surface area contributed by atoms with Crippen molar-refractivity contribution in [3.05, 3.63) is 51.8 Å². The highest BCUT2D eigenvalue weighted by Gasteiger charge is 2.17. The lowest BCUT2D eigenvalue weighted by Crippen LogP contribution is -2.38. The van der Waals surface area contributed by atoms with Crippen LogP contribution in [0.15, 0.2) is 41.4 Å². The molecule has 2 N–H and O–H groups in total. The van der Waals surface area contributed by atoms with E-state index in [-0.39, 0.29) is 17.6 Å². The maximum absolute atomic E-state index is 12.7. The molecule has 0 aliphatic rings. The minimum atomic E-state index is -0.405. The number of thiophene rings is 1. The van der Waals surface area contributed by atoms with Crippen LogP contribution < -0.4 is 20.1 Å². The van der Waals surface area contributed by atoms with Gasteiger partial charge in [0.05, 0.1) is 14.2 Å². The number of methoxy groups -OCH3 is 2. The van der Waals surface area contributed by atoms with Crippen LogP contribution in [-0.2, 0) is 4.79 Å². The van der Waals surface area contributed by atoms with Crippen molar-refractivity contribution < 1.29 is 19.1 Å². The van der Waals surface area contributed by atoms with E-state index in [2.05, 4.69) is 10.6 Å². The van der Waals surface area contributed by atoms with Crippen LogP contribution >= 0.6 is 11.3 Å². The summed E-state index contributed by atoms with van der Waals surface area (Å²) in [6, 6.07) is 8.60. The first-order valence-corrected chi connectivity index (χ1v) is 9.45. The predicted octanol–water partition coefficient (Wildman–Crippen LogP) is 3.45. The van der Waals surface area contributed by atoms with Crippen molar-refractivity contribution in [3.8, 4) is 11.5 Å². The van der Waals surface area contributed by atoms with Gasteiger partial charge in [0.1, 0.15) is 5.70 Å². The van der Waals surface area contributed by atoms with Gasteiger partial charge in [0.15, 0.2) is 11.5 Å². The summed E-state index contributed by atoms with van der Waals surface area (Å²) in [5.74, 6) is 0.237. The lowest BCUT2D eigenvalue weighted by Gasteiger charge is -2.15. The number of carbonyl (C=O) groups excluding carboxylic acids is 2. The van der Waals surface area contributed by atoms with Gasteiger partial charge in [-0.15, -0.1) is 11.3 Å². The number of amides is 2. The zero-order valence-electron chi connectivity index (χ0n) is 15.9. The summed E-state index contributed by atoms with van der Waals surface area (Å²) >= 11 is 1.48. The van der Waals surface area contributed by atoms with Gasteiger partial charge >= 0.3 is 0 Å². The van der Waals surface area contributed by atoms with Crippen molar-refractivity contribution in [1.82, 2.24) is 10.6 Å². The Hall–Kier alpha value is -2.80. The standard InChI is InChI=1S/C20H24N2O4S/c1-5-13(2)21-20(24)16(12-15-7-6-10-27-15)22-19(23)14-8-9-17(25-3)18(11-14)26-4/h6-13H,5H2,1-4H3,(H,21,24)(H,22,23)/b16-12-. The van der Waals surface area contributed by atoms with Gasteiger partial charge in [-0.1, -0.05) is 13.0 Å². The molecule has 2 aromatic rings. The summed E-state index contributed by atoms with van der Waals surface area (Å²) in [6.45, 7) is 3.90. The molecular formula is C20H24N2O4S. The van der Waals surface area contributed by atoms with Gasteiger partial charge in [-0.2, -0.15) is 0 Å². The van der Waals surface area contributed by atoms with Crippen LogP contribution in [0.5, 0.6) is 11.5 Å². The molecule has 0 fully saturated rings. The highest BCUT2D eigenvalue weighted by molar-refractivity contribution is 7.10. The molecule has 1 atom stereocenters. The Balaban J connectivity index is 2.26. The minimum absolute atomic E-state index is 0.00205. The summed E-state index contributed by atoms with van der Waals surface area (Å²) in [5.41, 5.74) is 0.554. The van der Waals surface area contributed by atoms with Crippen LogP contribution in [0.2, 0.25) is 0 Å². The second-order valence-electron chi connectivity index (χ2n) is 5.88. The highest BCUT2D eigenvalue weighted by Crippen LogP contribution is 2.27. The van der Waals surface area contributed by atoms with E-state index in [0.29, 0.717) is 17.1 Å². The Kier molecular flexibility index (Phi) is 7.43. The van der Waals surface area contributed by atoms with Crippen LogP contribution in [0.1, 0.15) is 35.5 Å². The second kappa shape index (κ2) is 9.78. The zero-order valence-corrected chi connectivity index (χ0v) is 16.7. The summed E-state index contributed by atoms with van der Waals surface area (Å²) < 4.78 is 10.4. The summed E-state index contributed by atoms with van der Waals surface area (Å²) in [6.07, 6.45) is 2.46. The fourth-order valence-corrected chi connectivity index (χ4v) is 2.91. The SMILES string of the molecule is CCC(C)NC(=O)/C(=C/c1cccs1)NC(=O)c1ccc(OC)c(OC)c1. The van der Waals surface area contributed by atoms with E-state index >= 15 is 0 Å². The molecule has 7 heteroatoms. The largest absolute Gasteiger partial charge is 0.493 e. The molecule has 1 aromatic heterocycles. The molecule has 0 saturated carbocycles. The molecule has 1 unspecified atom stereocenters. The van der Waals surface area contributed by atoms with E-state index in [1.54, 1.807) is 24.3 Å². The third-order valence-electron chi connectivity index (χ3n) is 3.96. The van der Waals surface area contributed by atoms with E-state index in [1.165, 1.54) is 25.6 Å². The molecule has 0 aliphatic heterocycles. The van der Waals surface area contributed by atoms with Gasteiger partial charge in [0.2, 0.25) is 0 Å². The number of hydrogen-bond donors (Lipinski definition) is 2. The molecule has 0 aliphatic carbocycles. The topological polar surface area (TPSA) is 76.7 Å². The molecule has 27 heavy (non-hydrogen) atoms. The number of ether oxygens (including phenoxy) is 2. The fourth-order valence-electron chi connectivity index (χ4n) is 2.25. The summed E-state index contributed by atoms with van der Waals surface area (Å²) in [4.78, 5) is 26.2. The van der Waals surface area contributed by atoms with Crippen LogP contribution in [0.3, 0.4) is 0 Å². The van der Waals surface area contributed by atoms with Crippen LogP contribution in [0.4, 0.5) is 0 Å². The van der Waals surface area contributed by atoms with Gasteiger partial charge in [-0.3, -0.25) is 9.59 Å². The van der Waals surface area contributed by atoms with Crippen LogP contribution in [0.25, 0.3) is 6.08 Å². The molecule has 0 spiro atoms. The average Bonchev–Trinajstić information content (AvgIpc) is 3.19. The molecule has 0 radical (unpaired) electrons. The van der Waals surface area contributed by atoms with Gasteiger partial charge in [0, 0.05) is 16.5 Å². The molecule has 1 aromatic carbocycles. The summed E-state index contributed by atoms with van der Waals surface area (Å²) in [5, 5.41) is 7.50. The number of nitrogens with one attached hydrogen (secondary N) is 2. The first-order valence-electron chi connectivity index (χ1n) is 8.57.